The fourth-order valence-electron chi connectivity index (χ4n) is 5.31. The average molecular weight is 1010 g/mol. The van der Waals surface area contributed by atoms with Gasteiger partial charge in [-0.1, -0.05) is 20.8 Å². The van der Waals surface area contributed by atoms with Crippen molar-refractivity contribution in [2.24, 2.45) is 0 Å². The molecule has 1 unspecified atom stereocenters. The highest BCUT2D eigenvalue weighted by Crippen LogP contribution is 2.15. The van der Waals surface area contributed by atoms with Crippen molar-refractivity contribution < 1.29 is 67.9 Å². The summed E-state index contributed by atoms with van der Waals surface area (Å²) in [5, 5.41) is 43.4. The number of carbonyl (C=O) groups excluding carboxylic acids is 8. The number of ether oxygens (including phenoxy) is 3. The van der Waals surface area contributed by atoms with Crippen LogP contribution >= 0.6 is 0 Å². The number of phenolic OH excluding ortho intramolecular Hbond substituents is 3. The third-order valence-corrected chi connectivity index (χ3v) is 9.09. The number of anilines is 3. The molecular weight excluding hydrogens is 935 g/mol. The lowest BCUT2D eigenvalue weighted by molar-refractivity contribution is -0.130. The first-order chi connectivity index (χ1) is 34.7. The molecule has 21 nitrogen and oxygen atoms in total. The predicted molar refractivity (Wildman–Crippen MR) is 277 cm³/mol. The van der Waals surface area contributed by atoms with Crippen molar-refractivity contribution >= 4 is 65.3 Å². The predicted octanol–water partition coefficient (Wildman–Crippen LogP) is 4.19. The molecule has 0 fully saturated rings. The van der Waals surface area contributed by atoms with E-state index in [2.05, 4.69) is 31.9 Å². The Morgan fingerprint density at radius 2 is 1.01 bits per heavy atom. The van der Waals surface area contributed by atoms with Gasteiger partial charge in [0, 0.05) is 102 Å². The zero-order valence-electron chi connectivity index (χ0n) is 42.5. The van der Waals surface area contributed by atoms with Gasteiger partial charge >= 0.3 is 0 Å². The molecule has 0 spiro atoms. The van der Waals surface area contributed by atoms with Gasteiger partial charge in [-0.2, -0.15) is 0 Å². The fraction of sp³-hybridized carbons (Fsp3) is 0.490. The monoisotopic (exact) mass is 1010 g/mol. The van der Waals surface area contributed by atoms with E-state index in [0.29, 0.717) is 49.0 Å². The van der Waals surface area contributed by atoms with Crippen LogP contribution in [-0.2, 0) is 52.6 Å². The van der Waals surface area contributed by atoms with E-state index in [-0.39, 0.29) is 139 Å². The number of nitrogens with two attached hydrogens (primary N) is 1. The van der Waals surface area contributed by atoms with Crippen LogP contribution in [0.3, 0.4) is 0 Å². The highest BCUT2D eigenvalue weighted by molar-refractivity contribution is 5.91. The molecule has 0 aromatic heterocycles. The lowest BCUT2D eigenvalue weighted by atomic mass is 10.0. The van der Waals surface area contributed by atoms with E-state index in [0.717, 1.165) is 18.5 Å². The molecule has 0 aliphatic rings. The Morgan fingerprint density at radius 1 is 0.556 bits per heavy atom. The van der Waals surface area contributed by atoms with Gasteiger partial charge in [-0.25, -0.2) is 0 Å². The van der Waals surface area contributed by atoms with Crippen LogP contribution in [-0.4, -0.2) is 142 Å². The lowest BCUT2D eigenvalue weighted by Crippen LogP contribution is -2.58. The molecule has 11 N–H and O–H groups in total. The maximum Gasteiger partial charge on any atom is 0.226 e. The van der Waals surface area contributed by atoms with Crippen LogP contribution in [0, 0.1) is 0 Å². The minimum Gasteiger partial charge on any atom is -0.508 e. The number of phenols is 3. The maximum absolute atomic E-state index is 12.9. The van der Waals surface area contributed by atoms with Crippen molar-refractivity contribution in [2.75, 3.05) is 89.7 Å². The number of nitrogen functional groups attached to an aromatic ring is 1. The van der Waals surface area contributed by atoms with Gasteiger partial charge in [-0.05, 0) is 86.3 Å². The molecule has 1 atom stereocenters. The largest absolute Gasteiger partial charge is 0.508 e. The fourth-order valence-corrected chi connectivity index (χ4v) is 5.31. The molecule has 0 heterocycles. The first-order valence-corrected chi connectivity index (χ1v) is 23.8. The second-order valence-electron chi connectivity index (χ2n) is 15.1. The second kappa shape index (κ2) is 45.2. The molecule has 0 saturated heterocycles. The zero-order chi connectivity index (χ0) is 54.3. The summed E-state index contributed by atoms with van der Waals surface area (Å²) in [6, 6.07) is 19.3. The van der Waals surface area contributed by atoms with Crippen molar-refractivity contribution in [1.29, 1.82) is 0 Å². The van der Waals surface area contributed by atoms with E-state index in [1.165, 1.54) is 12.1 Å². The number of rotatable bonds is 32. The van der Waals surface area contributed by atoms with Crippen LogP contribution in [0.1, 0.15) is 85.0 Å². The number of amides is 4. The molecule has 3 rings (SSSR count). The van der Waals surface area contributed by atoms with Gasteiger partial charge in [0.05, 0.1) is 39.6 Å². The van der Waals surface area contributed by atoms with Gasteiger partial charge in [0.1, 0.15) is 47.4 Å². The molecule has 21 heteroatoms. The highest BCUT2D eigenvalue weighted by atomic mass is 16.5. The normalized spacial score (nSPS) is 10.7. The third-order valence-electron chi connectivity index (χ3n) is 9.09. The smallest absolute Gasteiger partial charge is 0.226 e. The topological polar surface area (TPSA) is 323 Å². The Labute approximate surface area is 423 Å². The summed E-state index contributed by atoms with van der Waals surface area (Å²) in [5.41, 5.74) is 6.26. The molecule has 4 amide bonds. The number of benzene rings is 3. The number of carbonyl (C=O) groups is 8. The first-order valence-electron chi connectivity index (χ1n) is 23.8. The Morgan fingerprint density at radius 3 is 1.46 bits per heavy atom. The quantitative estimate of drug-likeness (QED) is 0.0181. The minimum absolute atomic E-state index is 0.00199. The van der Waals surface area contributed by atoms with E-state index < -0.39 is 5.54 Å². The van der Waals surface area contributed by atoms with Crippen molar-refractivity contribution in [3.63, 3.8) is 0 Å². The number of aldehydes is 3. The number of Topliss-reactive ketones (excluding diaryl/α,β-unsaturated/α-hetero) is 1. The van der Waals surface area contributed by atoms with Crippen molar-refractivity contribution in [3.05, 3.63) is 72.8 Å². The Bertz CT molecular complexity index is 1900. The van der Waals surface area contributed by atoms with E-state index in [9.17, 15) is 43.5 Å². The van der Waals surface area contributed by atoms with Crippen LogP contribution in [0.4, 0.5) is 17.1 Å². The number of hydrogen-bond donors (Lipinski definition) is 10. The van der Waals surface area contributed by atoms with Gasteiger partial charge in [0.15, 0.2) is 0 Å². The molecule has 0 radical (unpaired) electrons. The molecule has 0 aliphatic heterocycles. The third kappa shape index (κ3) is 38.9. The van der Waals surface area contributed by atoms with E-state index >= 15 is 0 Å². The van der Waals surface area contributed by atoms with Gasteiger partial charge in [-0.3, -0.25) is 24.0 Å². The van der Waals surface area contributed by atoms with Crippen molar-refractivity contribution in [2.45, 2.75) is 90.5 Å². The van der Waals surface area contributed by atoms with Crippen molar-refractivity contribution in [1.82, 2.24) is 21.3 Å². The van der Waals surface area contributed by atoms with Crippen LogP contribution < -0.4 is 37.6 Å². The van der Waals surface area contributed by atoms with Crippen LogP contribution in [0.5, 0.6) is 17.2 Å². The number of hydrogen-bond acceptors (Lipinski definition) is 17. The van der Waals surface area contributed by atoms with Crippen LogP contribution in [0.15, 0.2) is 72.8 Å². The number of nitrogens with one attached hydrogen (secondary N) is 6. The zero-order valence-corrected chi connectivity index (χ0v) is 42.5. The highest BCUT2D eigenvalue weighted by Gasteiger charge is 2.34. The Hall–Kier alpha value is -6.94. The number of ketones is 1. The molecule has 402 valence electrons. The molecule has 0 bridgehead atoms. The number of aromatic hydroxyl groups is 3. The molecule has 3 aromatic carbocycles. The Kier molecular flexibility index (Phi) is 42.2. The van der Waals surface area contributed by atoms with E-state index in [4.69, 9.17) is 30.2 Å². The summed E-state index contributed by atoms with van der Waals surface area (Å²) in [7, 11) is 3.66. The first kappa shape index (κ1) is 67.1. The lowest BCUT2D eigenvalue weighted by Gasteiger charge is -2.34. The van der Waals surface area contributed by atoms with Gasteiger partial charge in [-0.15, -0.1) is 0 Å². The summed E-state index contributed by atoms with van der Waals surface area (Å²) in [6.45, 7) is 6.50. The summed E-state index contributed by atoms with van der Waals surface area (Å²) >= 11 is 0. The summed E-state index contributed by atoms with van der Waals surface area (Å²) in [5.74, 6) is -0.720. The average Bonchev–Trinajstić information content (AvgIpc) is 3.38. The maximum atomic E-state index is 12.9. The molecule has 3 aromatic rings. The summed E-state index contributed by atoms with van der Waals surface area (Å²) in [4.78, 5) is 91.8. The standard InChI is InChI=1S/C32H48N4O11.C7H9NO.C6H7NO.C4H9NO.C2H6/c1-2-26(39)6-3-7-31(44)36-32(22-45-19-5-18-38,23-46-20-13-28(41)33-15-4-17-37)24-47-21-14-29(42)34-16-12-30(43)35-25-8-10-27(40)11-9-25;1-8-6-2-4-7(9)5-3-6;7-5-1-3-6(8)4-2-5;1-5-3-2-4-6;1-2/h8-11,17-18,40H,2-7,12-16,19-24H2,1H3,(H,33,41)(H,34,42)(H,35,43)(H,36,44);2-5,8-9H,1H3;1-4,8H,7H2;4-5H,2-3H2,1H3;1-2H3. The van der Waals surface area contributed by atoms with Crippen LogP contribution in [0.2, 0.25) is 0 Å². The molecule has 0 saturated carbocycles. The van der Waals surface area contributed by atoms with Crippen LogP contribution in [0.25, 0.3) is 0 Å². The van der Waals surface area contributed by atoms with Gasteiger partial charge in [0.2, 0.25) is 23.6 Å². The Balaban J connectivity index is 0. The second-order valence-corrected chi connectivity index (χ2v) is 15.1. The van der Waals surface area contributed by atoms with E-state index in [1.807, 2.05) is 40.1 Å². The van der Waals surface area contributed by atoms with Gasteiger partial charge < -0.3 is 81.5 Å². The summed E-state index contributed by atoms with van der Waals surface area (Å²) in [6.07, 6.45) is 4.24. The molecule has 72 heavy (non-hydrogen) atoms. The molecular formula is C51H79N7O14. The van der Waals surface area contributed by atoms with E-state index in [1.54, 1.807) is 55.5 Å². The molecule has 0 aliphatic carbocycles. The van der Waals surface area contributed by atoms with Gasteiger partial charge in [0.25, 0.3) is 0 Å². The minimum atomic E-state index is -1.24. The SMILES string of the molecule is CC.CCC(=O)CCCC(=O)NC(COCCC=O)(COCCC(=O)NCCC=O)COCCC(=O)NCCC(=O)Nc1ccc(O)cc1.CNCCC=O.CNc1ccc(O)cc1.Nc1ccc(O)cc1. The van der Waals surface area contributed by atoms with Crippen molar-refractivity contribution in [3.8, 4) is 17.2 Å². The summed E-state index contributed by atoms with van der Waals surface area (Å²) < 4.78 is 17.2.